The van der Waals surface area contributed by atoms with Gasteiger partial charge in [-0.05, 0) is 93.2 Å². The number of benzene rings is 5. The summed E-state index contributed by atoms with van der Waals surface area (Å²) in [4.78, 5) is 13.6. The number of hydrogen-bond acceptors (Lipinski definition) is 7. The van der Waals surface area contributed by atoms with Crippen LogP contribution in [0.4, 0.5) is 0 Å². The van der Waals surface area contributed by atoms with E-state index in [1.54, 1.807) is 16.4 Å². The van der Waals surface area contributed by atoms with Crippen molar-refractivity contribution in [3.05, 3.63) is 173 Å². The number of ketones is 1. The number of fused-ring (bicyclic) bond motifs is 2. The second kappa shape index (κ2) is 16.3. The minimum atomic E-state index is -3.79. The zero-order valence-electron chi connectivity index (χ0n) is 37.0. The fraction of sp³-hybridized carbons (Fsp3) is 0.404. The average Bonchev–Trinajstić information content (AvgIpc) is 3.86. The summed E-state index contributed by atoms with van der Waals surface area (Å²) < 4.78 is 58.1. The van der Waals surface area contributed by atoms with E-state index in [1.165, 1.54) is 0 Å². The number of Topliss-reactive ketones (excluding diaryl/α,β-unsaturated/α-hetero) is 1. The molecule has 2 saturated heterocycles. The Hall–Kier alpha value is -4.45. The third kappa shape index (κ3) is 7.70. The highest BCUT2D eigenvalue weighted by molar-refractivity contribution is 7.92. The fourth-order valence-electron chi connectivity index (χ4n) is 11.6. The zero-order valence-corrected chi connectivity index (χ0v) is 38.6. The maximum Gasteiger partial charge on any atom is 0.217 e. The van der Waals surface area contributed by atoms with Gasteiger partial charge in [-0.1, -0.05) is 153 Å². The number of sulfonamides is 1. The van der Waals surface area contributed by atoms with Gasteiger partial charge in [-0.3, -0.25) is 10.1 Å². The number of sulfone groups is 1. The monoisotopic (exact) mass is 871 g/mol. The van der Waals surface area contributed by atoms with E-state index in [9.17, 15) is 21.6 Å². The first-order valence-electron chi connectivity index (χ1n) is 21.9. The molecule has 5 aromatic carbocycles. The molecule has 2 N–H and O–H groups in total. The van der Waals surface area contributed by atoms with E-state index in [0.29, 0.717) is 17.7 Å². The smallest absolute Gasteiger partial charge is 0.217 e. The van der Waals surface area contributed by atoms with Crippen molar-refractivity contribution in [2.24, 2.45) is 16.7 Å². The Labute approximate surface area is 369 Å². The summed E-state index contributed by atoms with van der Waals surface area (Å²) in [5.74, 6) is 0.109. The highest BCUT2D eigenvalue weighted by atomic mass is 32.2. The number of hydrogen-bond donors (Lipinski definition) is 2. The van der Waals surface area contributed by atoms with E-state index in [-0.39, 0.29) is 40.9 Å². The lowest BCUT2D eigenvalue weighted by Crippen LogP contribution is -2.53. The predicted molar refractivity (Wildman–Crippen MR) is 248 cm³/mol. The number of nitrogens with one attached hydrogen (secondary N) is 2. The number of carbonyl (C=O) groups excluding carboxylic acids is 1. The van der Waals surface area contributed by atoms with E-state index in [4.69, 9.17) is 0 Å². The van der Waals surface area contributed by atoms with Crippen molar-refractivity contribution in [1.29, 1.82) is 0 Å². The Balaban J connectivity index is 0.000000172. The van der Waals surface area contributed by atoms with E-state index in [2.05, 4.69) is 36.6 Å². The molecule has 4 unspecified atom stereocenters. The van der Waals surface area contributed by atoms with Crippen molar-refractivity contribution < 1.29 is 21.6 Å². The summed E-state index contributed by atoms with van der Waals surface area (Å²) in [7, 11) is -7.35. The third-order valence-corrected chi connectivity index (χ3v) is 19.4. The molecule has 10 heteroatoms. The van der Waals surface area contributed by atoms with Gasteiger partial charge in [0.05, 0.1) is 33.6 Å². The van der Waals surface area contributed by atoms with Gasteiger partial charge in [-0.15, -0.1) is 0 Å². The first kappa shape index (κ1) is 44.2. The summed E-state index contributed by atoms with van der Waals surface area (Å²) in [5.41, 5.74) is 2.71. The number of aryl methyl sites for hydroxylation is 1. The summed E-state index contributed by atoms with van der Waals surface area (Å²) in [5, 5.41) is 6.67. The van der Waals surface area contributed by atoms with Gasteiger partial charge in [-0.2, -0.15) is 4.31 Å². The van der Waals surface area contributed by atoms with Crippen LogP contribution in [0.2, 0.25) is 0 Å². The standard InChI is InChI=1S/C27H34N2O3S.C25H27NO2S/c1-25(2)21-15-16-27(25,22(30)17-21)18-33(31,32)29-24(20-13-9-6-10-14-20)23(28-26(29,3)4)19-11-7-5-8-12-19;1-18-14-16-21(17-15-18)29(27,28)24-22(19-10-6-4-7-11-19)23(26-25(24,2)3)20-12-8-5-9-13-20/h5-14,21,23-24,28H,15-18H2,1-4H3;4-17,22-24,26H,1-3H3/t21?,23?,24-,27+;22-,23?,24?/m11/s1. The lowest BCUT2D eigenvalue weighted by molar-refractivity contribution is -0.128. The molecule has 326 valence electrons. The highest BCUT2D eigenvalue weighted by Gasteiger charge is 2.67. The largest absolute Gasteiger partial charge is 0.303 e. The molecule has 2 heterocycles. The van der Waals surface area contributed by atoms with E-state index in [0.717, 1.165) is 34.2 Å². The van der Waals surface area contributed by atoms with Gasteiger partial charge in [0.2, 0.25) is 10.0 Å². The molecule has 9 rings (SSSR count). The van der Waals surface area contributed by atoms with Crippen LogP contribution in [0.3, 0.4) is 0 Å². The van der Waals surface area contributed by atoms with Crippen LogP contribution in [-0.4, -0.2) is 49.1 Å². The van der Waals surface area contributed by atoms with Gasteiger partial charge in [0, 0.05) is 29.3 Å². The summed E-state index contributed by atoms with van der Waals surface area (Å²) in [6, 6.07) is 46.6. The molecule has 62 heavy (non-hydrogen) atoms. The maximum atomic E-state index is 14.3. The van der Waals surface area contributed by atoms with Crippen LogP contribution in [0.5, 0.6) is 0 Å². The van der Waals surface area contributed by atoms with Crippen LogP contribution < -0.4 is 10.6 Å². The van der Waals surface area contributed by atoms with Gasteiger partial charge in [-0.25, -0.2) is 16.8 Å². The molecule has 2 bridgehead atoms. The second-order valence-corrected chi connectivity index (χ2v) is 23.6. The van der Waals surface area contributed by atoms with Gasteiger partial charge >= 0.3 is 0 Å². The predicted octanol–water partition coefficient (Wildman–Crippen LogP) is 9.88. The third-order valence-electron chi connectivity index (χ3n) is 14.7. The Morgan fingerprint density at radius 2 is 1.10 bits per heavy atom. The molecule has 2 saturated carbocycles. The van der Waals surface area contributed by atoms with Crippen LogP contribution in [0, 0.1) is 23.7 Å². The number of rotatable bonds is 9. The highest BCUT2D eigenvalue weighted by Crippen LogP contribution is 2.65. The van der Waals surface area contributed by atoms with Crippen LogP contribution in [-0.2, 0) is 24.7 Å². The molecule has 0 radical (unpaired) electrons. The van der Waals surface area contributed by atoms with Crippen LogP contribution in [0.25, 0.3) is 0 Å². The molecule has 7 atom stereocenters. The zero-order chi connectivity index (χ0) is 44.3. The molecular formula is C52H61N3O5S2. The average molecular weight is 872 g/mol. The molecule has 2 aliphatic heterocycles. The fourth-order valence-corrected chi connectivity index (χ4v) is 16.7. The summed E-state index contributed by atoms with van der Waals surface area (Å²) >= 11 is 0. The molecule has 4 fully saturated rings. The lowest BCUT2D eigenvalue weighted by atomic mass is 9.70. The number of nitrogens with zero attached hydrogens (tertiary/aromatic N) is 1. The SMILES string of the molecule is CC1(C)NC(c2ccccc2)[C@@H](c2ccccc2)N1S(=O)(=O)C[C@@]12CCC(CC1=O)C2(C)C.Cc1ccc(S(=O)(=O)C2[C@H](c3ccccc3)C(c3ccccc3)NC2(C)C)cc1. The Morgan fingerprint density at radius 1 is 0.613 bits per heavy atom. The Kier molecular flexibility index (Phi) is 11.6. The van der Waals surface area contributed by atoms with Crippen molar-refractivity contribution in [3.8, 4) is 0 Å². The number of carbonyl (C=O) groups is 1. The van der Waals surface area contributed by atoms with Crippen LogP contribution in [0.1, 0.15) is 113 Å². The Morgan fingerprint density at radius 3 is 1.58 bits per heavy atom. The quantitative estimate of drug-likeness (QED) is 0.152. The van der Waals surface area contributed by atoms with Gasteiger partial charge in [0.15, 0.2) is 9.84 Å². The summed E-state index contributed by atoms with van der Waals surface area (Å²) in [6.45, 7) is 14.0. The van der Waals surface area contributed by atoms with Crippen molar-refractivity contribution in [3.63, 3.8) is 0 Å². The van der Waals surface area contributed by atoms with Crippen LogP contribution in [0.15, 0.2) is 150 Å². The van der Waals surface area contributed by atoms with Crippen molar-refractivity contribution >= 4 is 25.6 Å². The minimum absolute atomic E-state index is 0.0844. The van der Waals surface area contributed by atoms with E-state index in [1.807, 2.05) is 156 Å². The van der Waals surface area contributed by atoms with Gasteiger partial charge < -0.3 is 5.32 Å². The summed E-state index contributed by atoms with van der Waals surface area (Å²) in [6.07, 6.45) is 2.12. The molecule has 8 nitrogen and oxygen atoms in total. The van der Waals surface area contributed by atoms with E-state index < -0.39 is 47.8 Å². The van der Waals surface area contributed by atoms with Crippen molar-refractivity contribution in [1.82, 2.24) is 14.9 Å². The minimum Gasteiger partial charge on any atom is -0.303 e. The topological polar surface area (TPSA) is 113 Å². The molecule has 0 spiro atoms. The Bertz CT molecular complexity index is 2600. The second-order valence-electron chi connectivity index (χ2n) is 19.6. The maximum absolute atomic E-state index is 14.3. The molecule has 5 aromatic rings. The normalized spacial score (nSPS) is 28.7. The first-order chi connectivity index (χ1) is 29.3. The van der Waals surface area contributed by atoms with E-state index >= 15 is 0 Å². The molecule has 0 amide bonds. The molecule has 2 aliphatic carbocycles. The molecule has 4 aliphatic rings. The van der Waals surface area contributed by atoms with Crippen molar-refractivity contribution in [2.45, 2.75) is 113 Å². The van der Waals surface area contributed by atoms with Crippen LogP contribution >= 0.6 is 0 Å². The van der Waals surface area contributed by atoms with Crippen molar-refractivity contribution in [2.75, 3.05) is 5.75 Å². The molecule has 0 aromatic heterocycles. The first-order valence-corrected chi connectivity index (χ1v) is 25.1. The lowest BCUT2D eigenvalue weighted by Gasteiger charge is -2.40. The van der Waals surface area contributed by atoms with Gasteiger partial charge in [0.25, 0.3) is 0 Å². The molecular weight excluding hydrogens is 811 g/mol. The van der Waals surface area contributed by atoms with Gasteiger partial charge in [0.1, 0.15) is 5.78 Å².